The van der Waals surface area contributed by atoms with Gasteiger partial charge >= 0.3 is 0 Å². The molecule has 0 fully saturated rings. The van der Waals surface area contributed by atoms with Crippen LogP contribution < -0.4 is 4.74 Å². The SMILES string of the molecule is COc1c(C)c(O)c(C=O)c(C)c1O. The molecule has 0 heterocycles. The second-order valence-corrected chi connectivity index (χ2v) is 3.01. The van der Waals surface area contributed by atoms with Crippen LogP contribution in [0.4, 0.5) is 0 Å². The first kappa shape index (κ1) is 10.4. The molecule has 0 aliphatic rings. The van der Waals surface area contributed by atoms with Crippen LogP contribution in [-0.4, -0.2) is 23.6 Å². The summed E-state index contributed by atoms with van der Waals surface area (Å²) in [6.07, 6.45) is 0.511. The van der Waals surface area contributed by atoms with Crippen LogP contribution in [-0.2, 0) is 0 Å². The van der Waals surface area contributed by atoms with Crippen molar-refractivity contribution in [2.75, 3.05) is 7.11 Å². The molecule has 0 saturated heterocycles. The van der Waals surface area contributed by atoms with Crippen molar-refractivity contribution in [3.8, 4) is 17.2 Å². The van der Waals surface area contributed by atoms with Gasteiger partial charge in [-0.25, -0.2) is 0 Å². The van der Waals surface area contributed by atoms with Crippen LogP contribution in [0.25, 0.3) is 0 Å². The third-order valence-electron chi connectivity index (χ3n) is 2.25. The minimum atomic E-state index is -0.146. The number of methoxy groups -OCH3 is 1. The summed E-state index contributed by atoms with van der Waals surface area (Å²) in [6, 6.07) is 0. The number of phenols is 2. The fourth-order valence-corrected chi connectivity index (χ4v) is 1.36. The first-order valence-corrected chi connectivity index (χ1v) is 4.08. The number of carbonyl (C=O) groups excluding carboxylic acids is 1. The molecule has 0 radical (unpaired) electrons. The summed E-state index contributed by atoms with van der Waals surface area (Å²) in [4.78, 5) is 10.6. The summed E-state index contributed by atoms with van der Waals surface area (Å²) in [7, 11) is 1.39. The third-order valence-corrected chi connectivity index (χ3v) is 2.25. The standard InChI is InChI=1S/C10H12O4/c1-5-7(4-11)8(12)6(2)10(14-3)9(5)13/h4,12-13H,1-3H3. The van der Waals surface area contributed by atoms with Crippen molar-refractivity contribution in [1.82, 2.24) is 0 Å². The maximum Gasteiger partial charge on any atom is 0.167 e. The molecule has 2 N–H and O–H groups in total. The summed E-state index contributed by atoms with van der Waals surface area (Å²) in [5.41, 5.74) is 0.776. The van der Waals surface area contributed by atoms with E-state index < -0.39 is 0 Å². The van der Waals surface area contributed by atoms with Crippen molar-refractivity contribution < 1.29 is 19.7 Å². The highest BCUT2D eigenvalue weighted by Crippen LogP contribution is 2.41. The maximum absolute atomic E-state index is 10.6. The number of benzene rings is 1. The molecule has 14 heavy (non-hydrogen) atoms. The Bertz CT molecular complexity index is 353. The normalized spacial score (nSPS) is 9.93. The van der Waals surface area contributed by atoms with Gasteiger partial charge in [0, 0.05) is 11.1 Å². The largest absolute Gasteiger partial charge is 0.507 e. The highest BCUT2D eigenvalue weighted by Gasteiger charge is 2.18. The van der Waals surface area contributed by atoms with Gasteiger partial charge in [0.15, 0.2) is 17.8 Å². The van der Waals surface area contributed by atoms with E-state index in [0.717, 1.165) is 0 Å². The van der Waals surface area contributed by atoms with E-state index in [2.05, 4.69) is 0 Å². The summed E-state index contributed by atoms with van der Waals surface area (Å²) < 4.78 is 4.91. The average Bonchev–Trinajstić information content (AvgIpc) is 2.17. The first-order chi connectivity index (χ1) is 6.54. The molecule has 0 aromatic heterocycles. The molecule has 1 aromatic carbocycles. The molecular weight excluding hydrogens is 184 g/mol. The fraction of sp³-hybridized carbons (Fsp3) is 0.300. The molecule has 0 bridgehead atoms. The van der Waals surface area contributed by atoms with Gasteiger partial charge in [-0.15, -0.1) is 0 Å². The van der Waals surface area contributed by atoms with E-state index in [0.29, 0.717) is 17.4 Å². The van der Waals surface area contributed by atoms with Gasteiger partial charge in [-0.1, -0.05) is 0 Å². The molecule has 4 heteroatoms. The van der Waals surface area contributed by atoms with E-state index in [4.69, 9.17) is 4.74 Å². The molecule has 0 spiro atoms. The molecule has 4 nitrogen and oxygen atoms in total. The predicted molar refractivity (Wildman–Crippen MR) is 51.2 cm³/mol. The zero-order valence-corrected chi connectivity index (χ0v) is 8.29. The molecule has 1 aromatic rings. The molecule has 0 amide bonds. The van der Waals surface area contributed by atoms with Crippen LogP contribution in [0.3, 0.4) is 0 Å². The highest BCUT2D eigenvalue weighted by atomic mass is 16.5. The molecule has 0 aliphatic heterocycles. The summed E-state index contributed by atoms with van der Waals surface area (Å²) in [6.45, 7) is 3.11. The van der Waals surface area contributed by atoms with Crippen LogP contribution in [0.15, 0.2) is 0 Å². The van der Waals surface area contributed by atoms with Crippen LogP contribution in [0.5, 0.6) is 17.2 Å². The molecule has 0 atom stereocenters. The Hall–Kier alpha value is -1.71. The average molecular weight is 196 g/mol. The lowest BCUT2D eigenvalue weighted by Gasteiger charge is -2.13. The molecule has 0 saturated carbocycles. The smallest absolute Gasteiger partial charge is 0.167 e. The Balaban J connectivity index is 3.63. The molecule has 76 valence electrons. The number of phenolic OH excluding ortho intramolecular Hbond substituents is 2. The lowest BCUT2D eigenvalue weighted by atomic mass is 10.0. The van der Waals surface area contributed by atoms with Crippen LogP contribution in [0.1, 0.15) is 21.5 Å². The van der Waals surface area contributed by atoms with Crippen molar-refractivity contribution >= 4 is 6.29 Å². The number of ether oxygens (including phenoxy) is 1. The lowest BCUT2D eigenvalue weighted by Crippen LogP contribution is -1.96. The minimum absolute atomic E-state index is 0.0980. The predicted octanol–water partition coefficient (Wildman–Crippen LogP) is 1.54. The Morgan fingerprint density at radius 2 is 1.71 bits per heavy atom. The zero-order valence-electron chi connectivity index (χ0n) is 8.29. The third kappa shape index (κ3) is 1.28. The van der Waals surface area contributed by atoms with Gasteiger partial charge in [0.25, 0.3) is 0 Å². The van der Waals surface area contributed by atoms with Gasteiger partial charge in [-0.3, -0.25) is 4.79 Å². The zero-order chi connectivity index (χ0) is 10.9. The van der Waals surface area contributed by atoms with Crippen molar-refractivity contribution in [3.63, 3.8) is 0 Å². The first-order valence-electron chi connectivity index (χ1n) is 4.08. The van der Waals surface area contributed by atoms with E-state index in [1.165, 1.54) is 7.11 Å². The number of aromatic hydroxyl groups is 2. The minimum Gasteiger partial charge on any atom is -0.507 e. The Morgan fingerprint density at radius 3 is 2.14 bits per heavy atom. The monoisotopic (exact) mass is 196 g/mol. The Morgan fingerprint density at radius 1 is 1.14 bits per heavy atom. The molecule has 1 rings (SSSR count). The van der Waals surface area contributed by atoms with E-state index in [1.54, 1.807) is 13.8 Å². The Labute approximate surface area is 81.8 Å². The van der Waals surface area contributed by atoms with Gasteiger partial charge in [0.2, 0.25) is 0 Å². The molecule has 0 unspecified atom stereocenters. The van der Waals surface area contributed by atoms with Crippen LogP contribution in [0, 0.1) is 13.8 Å². The van der Waals surface area contributed by atoms with E-state index in [1.807, 2.05) is 0 Å². The summed E-state index contributed by atoms with van der Waals surface area (Å²) >= 11 is 0. The van der Waals surface area contributed by atoms with Crippen LogP contribution >= 0.6 is 0 Å². The second kappa shape index (κ2) is 3.57. The maximum atomic E-state index is 10.6. The lowest BCUT2D eigenvalue weighted by molar-refractivity contribution is 0.111. The van der Waals surface area contributed by atoms with Crippen molar-refractivity contribution in [3.05, 3.63) is 16.7 Å². The topological polar surface area (TPSA) is 66.8 Å². The van der Waals surface area contributed by atoms with Gasteiger partial charge in [-0.05, 0) is 13.8 Å². The van der Waals surface area contributed by atoms with Crippen molar-refractivity contribution in [2.24, 2.45) is 0 Å². The number of aldehydes is 1. The van der Waals surface area contributed by atoms with E-state index in [9.17, 15) is 15.0 Å². The summed E-state index contributed by atoms with van der Waals surface area (Å²) in [5, 5.41) is 19.2. The number of carbonyl (C=O) groups is 1. The number of hydrogen-bond acceptors (Lipinski definition) is 4. The van der Waals surface area contributed by atoms with Gasteiger partial charge in [0.1, 0.15) is 5.75 Å². The van der Waals surface area contributed by atoms with Crippen molar-refractivity contribution in [2.45, 2.75) is 13.8 Å². The summed E-state index contributed by atoms with van der Waals surface area (Å²) in [5.74, 6) is -0.0531. The number of hydrogen-bond donors (Lipinski definition) is 2. The van der Waals surface area contributed by atoms with Crippen LogP contribution in [0.2, 0.25) is 0 Å². The number of rotatable bonds is 2. The fourth-order valence-electron chi connectivity index (χ4n) is 1.36. The molecular formula is C10H12O4. The highest BCUT2D eigenvalue weighted by molar-refractivity contribution is 5.85. The quantitative estimate of drug-likeness (QED) is 0.556. The molecule has 0 aliphatic carbocycles. The van der Waals surface area contributed by atoms with Gasteiger partial charge in [-0.2, -0.15) is 0 Å². The van der Waals surface area contributed by atoms with Gasteiger partial charge in [0.05, 0.1) is 12.7 Å². The second-order valence-electron chi connectivity index (χ2n) is 3.01. The van der Waals surface area contributed by atoms with Gasteiger partial charge < -0.3 is 14.9 Å². The Kier molecular flexibility index (Phi) is 2.65. The van der Waals surface area contributed by atoms with Crippen molar-refractivity contribution in [1.29, 1.82) is 0 Å². The van der Waals surface area contributed by atoms with E-state index in [-0.39, 0.29) is 22.8 Å². The van der Waals surface area contributed by atoms with E-state index >= 15 is 0 Å².